The summed E-state index contributed by atoms with van der Waals surface area (Å²) in [6.07, 6.45) is 3.27. The fraction of sp³-hybridized carbons (Fsp3) is 0.500. The van der Waals surface area contributed by atoms with E-state index in [9.17, 15) is 9.90 Å². The lowest BCUT2D eigenvalue weighted by Gasteiger charge is -2.19. The molecule has 5 heteroatoms. The van der Waals surface area contributed by atoms with E-state index in [1.54, 1.807) is 6.07 Å². The van der Waals surface area contributed by atoms with Crippen LogP contribution < -0.4 is 10.3 Å². The first-order valence-corrected chi connectivity index (χ1v) is 9.04. The van der Waals surface area contributed by atoms with Crippen LogP contribution in [0.2, 0.25) is 0 Å². The lowest BCUT2D eigenvalue weighted by molar-refractivity contribution is 0.0871. The maximum atomic E-state index is 12.2. The second-order valence-electron chi connectivity index (χ2n) is 7.00. The monoisotopic (exact) mass is 342 g/mol. The summed E-state index contributed by atoms with van der Waals surface area (Å²) in [5.74, 6) is 1.13. The van der Waals surface area contributed by atoms with E-state index in [4.69, 9.17) is 4.74 Å². The van der Waals surface area contributed by atoms with Crippen LogP contribution in [-0.4, -0.2) is 27.6 Å². The van der Waals surface area contributed by atoms with Crippen LogP contribution in [0.25, 0.3) is 0 Å². The molecule has 0 fully saturated rings. The molecule has 1 aliphatic rings. The summed E-state index contributed by atoms with van der Waals surface area (Å²) >= 11 is 0. The molecule has 1 aromatic carbocycles. The topological polar surface area (TPSA) is 64.3 Å². The average Bonchev–Trinajstić information content (AvgIpc) is 2.60. The predicted molar refractivity (Wildman–Crippen MR) is 97.2 cm³/mol. The van der Waals surface area contributed by atoms with Gasteiger partial charge < -0.3 is 9.84 Å². The molecule has 0 bridgehead atoms. The highest BCUT2D eigenvalue weighted by Crippen LogP contribution is 2.26. The molecule has 25 heavy (non-hydrogen) atoms. The molecule has 1 heterocycles. The normalized spacial score (nSPS) is 15.0. The Morgan fingerprint density at radius 3 is 2.80 bits per heavy atom. The van der Waals surface area contributed by atoms with Gasteiger partial charge in [0.15, 0.2) is 0 Å². The Labute approximate surface area is 148 Å². The fourth-order valence-corrected chi connectivity index (χ4v) is 3.26. The number of fused-ring (bicyclic) bond motifs is 1. The maximum Gasteiger partial charge on any atom is 0.267 e. The first-order valence-electron chi connectivity index (χ1n) is 9.04. The predicted octanol–water partition coefficient (Wildman–Crippen LogP) is 2.69. The molecule has 1 N–H and O–H groups in total. The third kappa shape index (κ3) is 4.28. The van der Waals surface area contributed by atoms with Gasteiger partial charge in [-0.2, -0.15) is 5.10 Å². The van der Waals surface area contributed by atoms with Crippen molar-refractivity contribution in [3.05, 3.63) is 57.5 Å². The van der Waals surface area contributed by atoms with Crippen LogP contribution in [0.5, 0.6) is 5.75 Å². The summed E-state index contributed by atoms with van der Waals surface area (Å²) in [5, 5.41) is 14.7. The van der Waals surface area contributed by atoms with Gasteiger partial charge in [-0.1, -0.05) is 32.0 Å². The molecule has 0 amide bonds. The number of ether oxygens (including phenoxy) is 1. The summed E-state index contributed by atoms with van der Waals surface area (Å²) < 4.78 is 7.16. The number of rotatable bonds is 6. The van der Waals surface area contributed by atoms with Crippen molar-refractivity contribution >= 4 is 0 Å². The Kier molecular flexibility index (Phi) is 5.53. The Morgan fingerprint density at radius 2 is 2.00 bits per heavy atom. The largest absolute Gasteiger partial charge is 0.491 e. The smallest absolute Gasteiger partial charge is 0.267 e. The van der Waals surface area contributed by atoms with Gasteiger partial charge in [-0.05, 0) is 48.8 Å². The van der Waals surface area contributed by atoms with Crippen LogP contribution in [0.15, 0.2) is 35.1 Å². The van der Waals surface area contributed by atoms with Crippen LogP contribution in [0, 0.1) is 0 Å². The zero-order valence-corrected chi connectivity index (χ0v) is 14.9. The number of benzene rings is 1. The average molecular weight is 342 g/mol. The molecular formula is C20H26N2O3. The molecule has 1 atom stereocenters. The quantitative estimate of drug-likeness (QED) is 0.877. The highest BCUT2D eigenvalue weighted by molar-refractivity contribution is 5.35. The van der Waals surface area contributed by atoms with Crippen LogP contribution >= 0.6 is 0 Å². The van der Waals surface area contributed by atoms with Gasteiger partial charge in [0.2, 0.25) is 0 Å². The molecule has 5 nitrogen and oxygen atoms in total. The van der Waals surface area contributed by atoms with Crippen molar-refractivity contribution in [1.82, 2.24) is 9.78 Å². The summed E-state index contributed by atoms with van der Waals surface area (Å²) in [6, 6.07) is 9.51. The van der Waals surface area contributed by atoms with Crippen molar-refractivity contribution in [2.45, 2.75) is 58.1 Å². The standard InChI is InChI=1S/C20H26N2O3/c1-14(2)17-8-4-6-10-19(17)25-13-16(23)12-22-20(24)11-15-7-3-5-9-18(15)21-22/h4,6,8,10-11,14,16,23H,3,5,7,9,12-13H2,1-2H3. The maximum absolute atomic E-state index is 12.2. The zero-order chi connectivity index (χ0) is 17.8. The third-order valence-electron chi connectivity index (χ3n) is 4.63. The molecule has 3 rings (SSSR count). The molecule has 1 aliphatic carbocycles. The number of hydrogen-bond donors (Lipinski definition) is 1. The van der Waals surface area contributed by atoms with E-state index < -0.39 is 6.10 Å². The van der Waals surface area contributed by atoms with Crippen molar-refractivity contribution in [3.8, 4) is 5.75 Å². The SMILES string of the molecule is CC(C)c1ccccc1OCC(O)Cn1nc2c(cc1=O)CCCC2. The fourth-order valence-electron chi connectivity index (χ4n) is 3.26. The summed E-state index contributed by atoms with van der Waals surface area (Å²) in [5.41, 5.74) is 3.01. The molecule has 1 unspecified atom stereocenters. The van der Waals surface area contributed by atoms with Crippen molar-refractivity contribution in [2.75, 3.05) is 6.61 Å². The third-order valence-corrected chi connectivity index (χ3v) is 4.63. The van der Waals surface area contributed by atoms with E-state index in [0.717, 1.165) is 48.3 Å². The molecule has 2 aromatic rings. The van der Waals surface area contributed by atoms with E-state index in [1.807, 2.05) is 24.3 Å². The van der Waals surface area contributed by atoms with Gasteiger partial charge in [-0.15, -0.1) is 0 Å². The van der Waals surface area contributed by atoms with Crippen LogP contribution in [0.4, 0.5) is 0 Å². The minimum absolute atomic E-state index is 0.134. The molecule has 0 aliphatic heterocycles. The van der Waals surface area contributed by atoms with Gasteiger partial charge in [0, 0.05) is 6.07 Å². The van der Waals surface area contributed by atoms with E-state index >= 15 is 0 Å². The number of aryl methyl sites for hydroxylation is 2. The summed E-state index contributed by atoms with van der Waals surface area (Å²) in [7, 11) is 0. The van der Waals surface area contributed by atoms with E-state index in [1.165, 1.54) is 4.68 Å². The second-order valence-corrected chi connectivity index (χ2v) is 7.00. The van der Waals surface area contributed by atoms with Gasteiger partial charge in [0.1, 0.15) is 18.5 Å². The second kappa shape index (κ2) is 7.83. The molecule has 0 saturated heterocycles. The lowest BCUT2D eigenvalue weighted by Crippen LogP contribution is -2.33. The Bertz CT molecular complexity index is 783. The molecule has 0 spiro atoms. The number of aromatic nitrogens is 2. The van der Waals surface area contributed by atoms with Gasteiger partial charge in [0.25, 0.3) is 5.56 Å². The summed E-state index contributed by atoms with van der Waals surface area (Å²) in [6.45, 7) is 4.50. The van der Waals surface area contributed by atoms with E-state index in [-0.39, 0.29) is 18.7 Å². The molecule has 134 valence electrons. The molecule has 0 saturated carbocycles. The Morgan fingerprint density at radius 1 is 1.24 bits per heavy atom. The van der Waals surface area contributed by atoms with Gasteiger partial charge in [-0.3, -0.25) is 4.79 Å². The minimum Gasteiger partial charge on any atom is -0.491 e. The highest BCUT2D eigenvalue weighted by Gasteiger charge is 2.16. The number of aliphatic hydroxyl groups is 1. The van der Waals surface area contributed by atoms with E-state index in [2.05, 4.69) is 18.9 Å². The lowest BCUT2D eigenvalue weighted by atomic mass is 9.97. The first kappa shape index (κ1) is 17.7. The highest BCUT2D eigenvalue weighted by atomic mass is 16.5. The first-order chi connectivity index (χ1) is 12.0. The number of hydrogen-bond acceptors (Lipinski definition) is 4. The molecular weight excluding hydrogens is 316 g/mol. The van der Waals surface area contributed by atoms with Crippen molar-refractivity contribution in [2.24, 2.45) is 0 Å². The van der Waals surface area contributed by atoms with Crippen molar-refractivity contribution in [3.63, 3.8) is 0 Å². The van der Waals surface area contributed by atoms with Crippen molar-refractivity contribution < 1.29 is 9.84 Å². The molecule has 0 radical (unpaired) electrons. The summed E-state index contributed by atoms with van der Waals surface area (Å²) in [4.78, 5) is 12.2. The number of nitrogens with zero attached hydrogens (tertiary/aromatic N) is 2. The number of aliphatic hydroxyl groups excluding tert-OH is 1. The zero-order valence-electron chi connectivity index (χ0n) is 14.9. The Balaban J connectivity index is 1.65. The van der Waals surface area contributed by atoms with Crippen LogP contribution in [-0.2, 0) is 19.4 Å². The van der Waals surface area contributed by atoms with Crippen LogP contribution in [0.3, 0.4) is 0 Å². The van der Waals surface area contributed by atoms with Gasteiger partial charge in [-0.25, -0.2) is 4.68 Å². The number of para-hydroxylation sites is 1. The minimum atomic E-state index is -0.785. The van der Waals surface area contributed by atoms with Crippen molar-refractivity contribution in [1.29, 1.82) is 0 Å². The Hall–Kier alpha value is -2.14. The van der Waals surface area contributed by atoms with Gasteiger partial charge >= 0.3 is 0 Å². The van der Waals surface area contributed by atoms with Gasteiger partial charge in [0.05, 0.1) is 12.2 Å². The van der Waals surface area contributed by atoms with Crippen LogP contribution in [0.1, 0.15) is 49.4 Å². The molecule has 1 aromatic heterocycles. The van der Waals surface area contributed by atoms with E-state index in [0.29, 0.717) is 5.92 Å².